The Bertz CT molecular complexity index is 570. The van der Waals surface area contributed by atoms with Gasteiger partial charge in [0, 0.05) is 18.2 Å². The van der Waals surface area contributed by atoms with E-state index < -0.39 is 11.4 Å². The molecule has 15 heavy (non-hydrogen) atoms. The molecule has 0 fully saturated rings. The SMILES string of the molecule is COc1cc(O)c2cc(O)c(=O)oc2c1. The largest absolute Gasteiger partial charge is 0.507 e. The molecule has 5 heteroatoms. The summed E-state index contributed by atoms with van der Waals surface area (Å²) in [6.45, 7) is 0. The fraction of sp³-hybridized carbons (Fsp3) is 0.100. The van der Waals surface area contributed by atoms with Crippen LogP contribution in [0.25, 0.3) is 11.0 Å². The van der Waals surface area contributed by atoms with Gasteiger partial charge in [0.15, 0.2) is 0 Å². The maximum atomic E-state index is 11.0. The summed E-state index contributed by atoms with van der Waals surface area (Å²) < 4.78 is 9.66. The third kappa shape index (κ3) is 1.48. The molecule has 0 unspecified atom stereocenters. The van der Waals surface area contributed by atoms with Crippen molar-refractivity contribution in [3.05, 3.63) is 28.6 Å². The summed E-state index contributed by atoms with van der Waals surface area (Å²) in [4.78, 5) is 11.0. The van der Waals surface area contributed by atoms with Gasteiger partial charge in [-0.3, -0.25) is 0 Å². The molecule has 0 atom stereocenters. The molecule has 0 aliphatic rings. The number of hydrogen-bond acceptors (Lipinski definition) is 5. The normalized spacial score (nSPS) is 10.5. The van der Waals surface area contributed by atoms with Gasteiger partial charge in [0.1, 0.15) is 17.1 Å². The molecular formula is C10H8O5. The number of benzene rings is 1. The van der Waals surface area contributed by atoms with E-state index in [0.29, 0.717) is 5.75 Å². The van der Waals surface area contributed by atoms with E-state index in [1.165, 1.54) is 19.2 Å². The molecule has 0 amide bonds. The Morgan fingerprint density at radius 1 is 1.20 bits per heavy atom. The quantitative estimate of drug-likeness (QED) is 0.688. The van der Waals surface area contributed by atoms with E-state index >= 15 is 0 Å². The van der Waals surface area contributed by atoms with Gasteiger partial charge in [-0.2, -0.15) is 0 Å². The molecule has 0 radical (unpaired) electrons. The lowest BCUT2D eigenvalue weighted by molar-refractivity contribution is 0.403. The first-order chi connectivity index (χ1) is 7.11. The molecule has 0 aliphatic heterocycles. The fourth-order valence-corrected chi connectivity index (χ4v) is 1.28. The number of phenols is 1. The molecule has 0 spiro atoms. The van der Waals surface area contributed by atoms with Gasteiger partial charge in [0.2, 0.25) is 5.75 Å². The van der Waals surface area contributed by atoms with Crippen LogP contribution in [0.4, 0.5) is 0 Å². The third-order valence-corrected chi connectivity index (χ3v) is 2.02. The molecule has 78 valence electrons. The van der Waals surface area contributed by atoms with Gasteiger partial charge in [-0.25, -0.2) is 4.79 Å². The molecule has 2 aromatic rings. The van der Waals surface area contributed by atoms with Crippen LogP contribution in [0.1, 0.15) is 0 Å². The van der Waals surface area contributed by atoms with E-state index in [9.17, 15) is 9.90 Å². The molecule has 2 rings (SSSR count). The van der Waals surface area contributed by atoms with E-state index in [0.717, 1.165) is 6.07 Å². The zero-order valence-electron chi connectivity index (χ0n) is 7.85. The van der Waals surface area contributed by atoms with Gasteiger partial charge in [-0.1, -0.05) is 0 Å². The summed E-state index contributed by atoms with van der Waals surface area (Å²) in [5, 5.41) is 18.9. The highest BCUT2D eigenvalue weighted by Crippen LogP contribution is 2.30. The Morgan fingerprint density at radius 3 is 2.60 bits per heavy atom. The highest BCUT2D eigenvalue weighted by Gasteiger charge is 2.09. The first kappa shape index (κ1) is 9.39. The molecule has 5 nitrogen and oxygen atoms in total. The second-order valence-electron chi connectivity index (χ2n) is 2.98. The zero-order chi connectivity index (χ0) is 11.0. The molecule has 0 saturated carbocycles. The predicted octanol–water partition coefficient (Wildman–Crippen LogP) is 1.21. The second-order valence-corrected chi connectivity index (χ2v) is 2.98. The van der Waals surface area contributed by atoms with Gasteiger partial charge in [0.25, 0.3) is 0 Å². The van der Waals surface area contributed by atoms with Crippen LogP contribution in [0.15, 0.2) is 27.4 Å². The number of aromatic hydroxyl groups is 2. The minimum atomic E-state index is -0.852. The van der Waals surface area contributed by atoms with Crippen LogP contribution < -0.4 is 10.4 Å². The van der Waals surface area contributed by atoms with Crippen LogP contribution in [-0.2, 0) is 0 Å². The van der Waals surface area contributed by atoms with Gasteiger partial charge in [-0.15, -0.1) is 0 Å². The molecule has 0 saturated heterocycles. The van der Waals surface area contributed by atoms with E-state index in [2.05, 4.69) is 0 Å². The van der Waals surface area contributed by atoms with Crippen LogP contribution in [0.3, 0.4) is 0 Å². The highest BCUT2D eigenvalue weighted by molar-refractivity contribution is 5.85. The van der Waals surface area contributed by atoms with Crippen molar-refractivity contribution < 1.29 is 19.4 Å². The third-order valence-electron chi connectivity index (χ3n) is 2.02. The van der Waals surface area contributed by atoms with Gasteiger partial charge < -0.3 is 19.4 Å². The van der Waals surface area contributed by atoms with Gasteiger partial charge >= 0.3 is 5.63 Å². The summed E-state index contributed by atoms with van der Waals surface area (Å²) in [5.41, 5.74) is -0.690. The van der Waals surface area contributed by atoms with E-state index in [1.807, 2.05) is 0 Å². The van der Waals surface area contributed by atoms with Crippen molar-refractivity contribution in [2.45, 2.75) is 0 Å². The second kappa shape index (κ2) is 3.20. The van der Waals surface area contributed by atoms with Gasteiger partial charge in [0.05, 0.1) is 12.5 Å². The lowest BCUT2D eigenvalue weighted by Crippen LogP contribution is -1.97. The molecule has 0 aliphatic carbocycles. The lowest BCUT2D eigenvalue weighted by atomic mass is 10.2. The van der Waals surface area contributed by atoms with Crippen molar-refractivity contribution in [3.63, 3.8) is 0 Å². The predicted molar refractivity (Wildman–Crippen MR) is 52.4 cm³/mol. The number of methoxy groups -OCH3 is 1. The monoisotopic (exact) mass is 208 g/mol. The molecular weight excluding hydrogens is 200 g/mol. The van der Waals surface area contributed by atoms with Crippen LogP contribution in [0.2, 0.25) is 0 Å². The Hall–Kier alpha value is -2.17. The lowest BCUT2D eigenvalue weighted by Gasteiger charge is -2.03. The van der Waals surface area contributed by atoms with Crippen molar-refractivity contribution in [2.24, 2.45) is 0 Å². The molecule has 2 N–H and O–H groups in total. The van der Waals surface area contributed by atoms with E-state index in [-0.39, 0.29) is 16.7 Å². The van der Waals surface area contributed by atoms with Gasteiger partial charge in [-0.05, 0) is 0 Å². The summed E-state index contributed by atoms with van der Waals surface area (Å²) >= 11 is 0. The Kier molecular flexibility index (Phi) is 2.00. The Morgan fingerprint density at radius 2 is 1.93 bits per heavy atom. The fourth-order valence-electron chi connectivity index (χ4n) is 1.28. The molecule has 1 aromatic heterocycles. The van der Waals surface area contributed by atoms with Crippen LogP contribution >= 0.6 is 0 Å². The number of hydrogen-bond donors (Lipinski definition) is 2. The minimum absolute atomic E-state index is 0.122. The maximum absolute atomic E-state index is 11.0. The number of ether oxygens (including phenoxy) is 1. The van der Waals surface area contributed by atoms with Crippen molar-refractivity contribution >= 4 is 11.0 Å². The van der Waals surface area contributed by atoms with Crippen molar-refractivity contribution in [1.82, 2.24) is 0 Å². The van der Waals surface area contributed by atoms with Crippen LogP contribution in [0.5, 0.6) is 17.2 Å². The summed E-state index contributed by atoms with van der Waals surface area (Å²) in [5.74, 6) is -0.291. The molecule has 1 aromatic carbocycles. The number of rotatable bonds is 1. The first-order valence-corrected chi connectivity index (χ1v) is 4.15. The van der Waals surface area contributed by atoms with Crippen LogP contribution in [0, 0.1) is 0 Å². The maximum Gasteiger partial charge on any atom is 0.378 e. The smallest absolute Gasteiger partial charge is 0.378 e. The molecule has 1 heterocycles. The number of phenolic OH excluding ortho intramolecular Hbond substituents is 1. The zero-order valence-corrected chi connectivity index (χ0v) is 7.85. The van der Waals surface area contributed by atoms with Crippen molar-refractivity contribution in [1.29, 1.82) is 0 Å². The Balaban J connectivity index is 2.86. The van der Waals surface area contributed by atoms with Crippen molar-refractivity contribution in [3.8, 4) is 17.2 Å². The Labute approximate surface area is 84.1 Å². The van der Waals surface area contributed by atoms with E-state index in [1.54, 1.807) is 0 Å². The first-order valence-electron chi connectivity index (χ1n) is 4.15. The minimum Gasteiger partial charge on any atom is -0.507 e. The standard InChI is InChI=1S/C10H8O5/c1-14-5-2-7(11)6-4-8(12)10(13)15-9(6)3-5/h2-4,11-12H,1H3. The van der Waals surface area contributed by atoms with Crippen LogP contribution in [-0.4, -0.2) is 17.3 Å². The number of fused-ring (bicyclic) bond motifs is 1. The summed E-state index contributed by atoms with van der Waals surface area (Å²) in [6.07, 6.45) is 0. The van der Waals surface area contributed by atoms with Crippen molar-refractivity contribution in [2.75, 3.05) is 7.11 Å². The summed E-state index contributed by atoms with van der Waals surface area (Å²) in [7, 11) is 1.43. The average Bonchev–Trinajstić information content (AvgIpc) is 2.21. The highest BCUT2D eigenvalue weighted by atomic mass is 16.5. The summed E-state index contributed by atoms with van der Waals surface area (Å²) in [6, 6.07) is 3.97. The average molecular weight is 208 g/mol. The van der Waals surface area contributed by atoms with E-state index in [4.69, 9.17) is 14.3 Å². The molecule has 0 bridgehead atoms. The topological polar surface area (TPSA) is 79.9 Å².